The van der Waals surface area contributed by atoms with Gasteiger partial charge in [0.25, 0.3) is 0 Å². The Morgan fingerprint density at radius 2 is 1.59 bits per heavy atom. The van der Waals surface area contributed by atoms with Gasteiger partial charge in [0.1, 0.15) is 0 Å². The number of hydrogen-bond acceptors (Lipinski definition) is 5. The van der Waals surface area contributed by atoms with Gasteiger partial charge in [0.05, 0.1) is 11.4 Å². The summed E-state index contributed by atoms with van der Waals surface area (Å²) in [4.78, 5) is 45.2. The number of amides is 2. The molecule has 0 N–H and O–H groups in total. The first-order valence-electron chi connectivity index (χ1n) is 10.7. The molecule has 2 aliphatic rings. The molecule has 0 bridgehead atoms. The third kappa shape index (κ3) is 6.12. The summed E-state index contributed by atoms with van der Waals surface area (Å²) in [6, 6.07) is 3.78. The zero-order valence-corrected chi connectivity index (χ0v) is 18.7. The number of piperazine rings is 1. The summed E-state index contributed by atoms with van der Waals surface area (Å²) >= 11 is 1.48. The molecule has 0 radical (unpaired) electrons. The van der Waals surface area contributed by atoms with E-state index in [4.69, 9.17) is 0 Å². The smallest absolute Gasteiger partial charge is 0.236 e. The number of likely N-dealkylation sites (tertiary alicyclic amines) is 1. The number of hydrogen-bond donors (Lipinski definition) is 0. The molecule has 2 aliphatic heterocycles. The average Bonchev–Trinajstić information content (AvgIpc) is 3.12. The lowest BCUT2D eigenvalue weighted by atomic mass is 9.92. The van der Waals surface area contributed by atoms with Crippen LogP contribution in [-0.2, 0) is 9.59 Å². The zero-order chi connectivity index (χ0) is 21.0. The van der Waals surface area contributed by atoms with Crippen LogP contribution in [0.25, 0.3) is 0 Å². The van der Waals surface area contributed by atoms with Crippen molar-refractivity contribution in [3.05, 3.63) is 21.9 Å². The molecule has 0 saturated carbocycles. The summed E-state index contributed by atoms with van der Waals surface area (Å²) in [6.45, 7) is 11.3. The van der Waals surface area contributed by atoms with Crippen molar-refractivity contribution in [3.63, 3.8) is 0 Å². The van der Waals surface area contributed by atoms with Crippen LogP contribution in [0, 0.1) is 18.8 Å². The van der Waals surface area contributed by atoms with Crippen molar-refractivity contribution in [1.29, 1.82) is 0 Å². The molecule has 2 amide bonds. The highest BCUT2D eigenvalue weighted by atomic mass is 32.1. The van der Waals surface area contributed by atoms with Gasteiger partial charge in [-0.25, -0.2) is 0 Å². The van der Waals surface area contributed by atoms with E-state index in [0.717, 1.165) is 22.8 Å². The van der Waals surface area contributed by atoms with E-state index in [-0.39, 0.29) is 30.4 Å². The lowest BCUT2D eigenvalue weighted by Crippen LogP contribution is -2.53. The molecule has 0 aromatic carbocycles. The van der Waals surface area contributed by atoms with E-state index in [1.165, 1.54) is 17.8 Å². The third-order valence-corrected chi connectivity index (χ3v) is 6.93. The van der Waals surface area contributed by atoms with E-state index in [0.29, 0.717) is 44.6 Å². The van der Waals surface area contributed by atoms with E-state index in [2.05, 4.69) is 18.7 Å². The maximum atomic E-state index is 12.7. The molecule has 160 valence electrons. The number of carbonyl (C=O) groups excluding carboxylic acids is 3. The Balaban J connectivity index is 1.39. The largest absolute Gasteiger partial charge is 0.341 e. The molecular formula is C22H33N3O3S. The number of aryl methyl sites for hydroxylation is 1. The van der Waals surface area contributed by atoms with Crippen molar-refractivity contribution in [2.75, 3.05) is 45.8 Å². The Hall–Kier alpha value is -1.73. The van der Waals surface area contributed by atoms with Crippen LogP contribution in [0.3, 0.4) is 0 Å². The van der Waals surface area contributed by atoms with Crippen LogP contribution < -0.4 is 0 Å². The molecule has 2 unspecified atom stereocenters. The predicted molar refractivity (Wildman–Crippen MR) is 115 cm³/mol. The summed E-state index contributed by atoms with van der Waals surface area (Å²) < 4.78 is 0. The topological polar surface area (TPSA) is 60.9 Å². The van der Waals surface area contributed by atoms with Crippen molar-refractivity contribution >= 4 is 28.9 Å². The van der Waals surface area contributed by atoms with Crippen molar-refractivity contribution < 1.29 is 14.4 Å². The first kappa shape index (κ1) is 22.0. The van der Waals surface area contributed by atoms with Gasteiger partial charge >= 0.3 is 0 Å². The lowest BCUT2D eigenvalue weighted by molar-refractivity contribution is -0.136. The summed E-state index contributed by atoms with van der Waals surface area (Å²) in [5.41, 5.74) is 0. The van der Waals surface area contributed by atoms with E-state index in [9.17, 15) is 14.4 Å². The fourth-order valence-corrected chi connectivity index (χ4v) is 5.23. The Labute approximate surface area is 177 Å². The Morgan fingerprint density at radius 1 is 0.931 bits per heavy atom. The lowest BCUT2D eigenvalue weighted by Gasteiger charge is -2.38. The third-order valence-electron chi connectivity index (χ3n) is 5.89. The van der Waals surface area contributed by atoms with Crippen LogP contribution in [0.5, 0.6) is 0 Å². The first-order valence-corrected chi connectivity index (χ1v) is 11.5. The Bertz CT molecular complexity index is 729. The molecule has 1 aromatic rings. The number of thiophene rings is 1. The molecular weight excluding hydrogens is 386 g/mol. The number of Topliss-reactive ketones (excluding diaryl/α,β-unsaturated/α-hetero) is 1. The van der Waals surface area contributed by atoms with Gasteiger partial charge in [-0.15, -0.1) is 11.3 Å². The van der Waals surface area contributed by atoms with E-state index >= 15 is 0 Å². The number of nitrogens with zero attached hydrogens (tertiary/aromatic N) is 3. The monoisotopic (exact) mass is 419 g/mol. The summed E-state index contributed by atoms with van der Waals surface area (Å²) in [5.74, 6) is 1.43. The molecule has 2 atom stereocenters. The number of carbonyl (C=O) groups is 3. The predicted octanol–water partition coefficient (Wildman–Crippen LogP) is 2.67. The number of piperidine rings is 1. The maximum Gasteiger partial charge on any atom is 0.236 e. The zero-order valence-electron chi connectivity index (χ0n) is 17.9. The first-order chi connectivity index (χ1) is 13.8. The van der Waals surface area contributed by atoms with Crippen LogP contribution in [-0.4, -0.2) is 78.1 Å². The highest BCUT2D eigenvalue weighted by Gasteiger charge is 2.28. The van der Waals surface area contributed by atoms with Gasteiger partial charge in [0, 0.05) is 57.0 Å². The normalized spacial score (nSPS) is 23.3. The SMILES string of the molecule is Cc1ccc(C(=O)CCC(=O)N2CCN(CC(=O)N3CC(C)CC(C)C3)CC2)s1. The fourth-order valence-electron chi connectivity index (χ4n) is 4.40. The summed E-state index contributed by atoms with van der Waals surface area (Å²) in [5, 5.41) is 0. The molecule has 2 fully saturated rings. The van der Waals surface area contributed by atoms with Crippen LogP contribution in [0.15, 0.2) is 12.1 Å². The fraction of sp³-hybridized carbons (Fsp3) is 0.682. The van der Waals surface area contributed by atoms with Crippen LogP contribution >= 0.6 is 11.3 Å². The van der Waals surface area contributed by atoms with Crippen LogP contribution in [0.2, 0.25) is 0 Å². The van der Waals surface area contributed by atoms with Crippen molar-refractivity contribution in [3.8, 4) is 0 Å². The highest BCUT2D eigenvalue weighted by Crippen LogP contribution is 2.21. The Kier molecular flexibility index (Phi) is 7.46. The second-order valence-electron chi connectivity index (χ2n) is 8.74. The molecule has 0 aliphatic carbocycles. The molecule has 1 aromatic heterocycles. The van der Waals surface area contributed by atoms with E-state index in [1.807, 2.05) is 28.9 Å². The minimum atomic E-state index is 0.0382. The molecule has 3 rings (SSSR count). The molecule has 6 nitrogen and oxygen atoms in total. The summed E-state index contributed by atoms with van der Waals surface area (Å²) in [7, 11) is 0. The van der Waals surface area contributed by atoms with Gasteiger partial charge in [0.15, 0.2) is 5.78 Å². The maximum absolute atomic E-state index is 12.7. The molecule has 7 heteroatoms. The second-order valence-corrected chi connectivity index (χ2v) is 10.0. The molecule has 0 spiro atoms. The average molecular weight is 420 g/mol. The van der Waals surface area contributed by atoms with Crippen molar-refractivity contribution in [2.45, 2.75) is 40.0 Å². The summed E-state index contributed by atoms with van der Waals surface area (Å²) in [6.07, 6.45) is 1.72. The minimum absolute atomic E-state index is 0.0382. The van der Waals surface area contributed by atoms with Gasteiger partial charge in [-0.05, 0) is 37.3 Å². The van der Waals surface area contributed by atoms with E-state index in [1.54, 1.807) is 0 Å². The highest BCUT2D eigenvalue weighted by molar-refractivity contribution is 7.14. The van der Waals surface area contributed by atoms with Crippen molar-refractivity contribution in [1.82, 2.24) is 14.7 Å². The second kappa shape index (κ2) is 9.85. The van der Waals surface area contributed by atoms with Gasteiger partial charge < -0.3 is 9.80 Å². The molecule has 2 saturated heterocycles. The Morgan fingerprint density at radius 3 is 2.17 bits per heavy atom. The molecule has 3 heterocycles. The van der Waals surface area contributed by atoms with Crippen molar-refractivity contribution in [2.24, 2.45) is 11.8 Å². The quantitative estimate of drug-likeness (QED) is 0.665. The van der Waals surface area contributed by atoms with Gasteiger partial charge in [-0.2, -0.15) is 0 Å². The number of rotatable bonds is 6. The van der Waals surface area contributed by atoms with Gasteiger partial charge in [-0.3, -0.25) is 19.3 Å². The van der Waals surface area contributed by atoms with Gasteiger partial charge in [-0.1, -0.05) is 13.8 Å². The molecule has 29 heavy (non-hydrogen) atoms. The van der Waals surface area contributed by atoms with Crippen LogP contribution in [0.4, 0.5) is 0 Å². The van der Waals surface area contributed by atoms with E-state index < -0.39 is 0 Å². The minimum Gasteiger partial charge on any atom is -0.341 e. The van der Waals surface area contributed by atoms with Crippen LogP contribution in [0.1, 0.15) is 47.7 Å². The number of ketones is 1. The van der Waals surface area contributed by atoms with Gasteiger partial charge in [0.2, 0.25) is 11.8 Å². The standard InChI is InChI=1S/C22H33N3O3S/c1-16-12-17(2)14-25(13-16)22(28)15-23-8-10-24(11-9-23)21(27)7-5-19(26)20-6-4-18(3)29-20/h4,6,16-17H,5,7-15H2,1-3H3.